The van der Waals surface area contributed by atoms with Crippen molar-refractivity contribution in [3.05, 3.63) is 53.9 Å². The van der Waals surface area contributed by atoms with Gasteiger partial charge in [-0.15, -0.1) is 0 Å². The summed E-state index contributed by atoms with van der Waals surface area (Å²) in [6, 6.07) is 11.3. The Kier molecular flexibility index (Phi) is 4.71. The number of nitrogens with one attached hydrogen (secondary N) is 2. The molecule has 0 fully saturated rings. The van der Waals surface area contributed by atoms with Crippen LogP contribution in [-0.2, 0) is 0 Å². The molecule has 0 spiro atoms. The maximum Gasteiger partial charge on any atom is 0.274 e. The van der Waals surface area contributed by atoms with Gasteiger partial charge in [-0.25, -0.2) is 4.98 Å². The molecule has 0 aliphatic carbocycles. The number of aromatic nitrogens is 1. The second-order valence-corrected chi connectivity index (χ2v) is 4.68. The molecule has 20 heavy (non-hydrogen) atoms. The first-order valence-corrected chi connectivity index (χ1v) is 6.77. The van der Waals surface area contributed by atoms with Gasteiger partial charge in [0.25, 0.3) is 5.91 Å². The summed E-state index contributed by atoms with van der Waals surface area (Å²) in [5.74, 6) is -0.197. The molecule has 1 heterocycles. The lowest BCUT2D eigenvalue weighted by Gasteiger charge is -2.07. The van der Waals surface area contributed by atoms with Gasteiger partial charge in [0.15, 0.2) is 0 Å². The Balaban J connectivity index is 2.02. The zero-order valence-corrected chi connectivity index (χ0v) is 11.8. The van der Waals surface area contributed by atoms with Crippen molar-refractivity contribution in [3.63, 3.8) is 0 Å². The zero-order valence-electron chi connectivity index (χ0n) is 11.8. The van der Waals surface area contributed by atoms with Crippen molar-refractivity contribution in [1.82, 2.24) is 4.98 Å². The predicted molar refractivity (Wildman–Crippen MR) is 82.1 cm³/mol. The predicted octanol–water partition coefficient (Wildman–Crippen LogP) is 3.46. The Morgan fingerprint density at radius 3 is 2.70 bits per heavy atom. The highest BCUT2D eigenvalue weighted by Gasteiger charge is 2.07. The number of hydrogen-bond acceptors (Lipinski definition) is 3. The van der Waals surface area contributed by atoms with E-state index in [-0.39, 0.29) is 5.91 Å². The normalized spacial score (nSPS) is 10.1. The molecule has 4 heteroatoms. The van der Waals surface area contributed by atoms with E-state index >= 15 is 0 Å². The molecule has 0 aliphatic heterocycles. The smallest absolute Gasteiger partial charge is 0.274 e. The molecular weight excluding hydrogens is 250 g/mol. The van der Waals surface area contributed by atoms with Gasteiger partial charge in [0.1, 0.15) is 5.69 Å². The highest BCUT2D eigenvalue weighted by atomic mass is 16.1. The molecule has 0 atom stereocenters. The highest BCUT2D eigenvalue weighted by Crippen LogP contribution is 2.12. The molecule has 2 rings (SSSR count). The van der Waals surface area contributed by atoms with Crippen LogP contribution < -0.4 is 10.6 Å². The SMILES string of the molecule is CCCNc1ccc(C(=O)Nc2cccc(C)c2)nc1. The molecule has 0 bridgehead atoms. The second kappa shape index (κ2) is 6.70. The number of hydrogen-bond donors (Lipinski definition) is 2. The summed E-state index contributed by atoms with van der Waals surface area (Å²) in [6.45, 7) is 4.99. The molecular formula is C16H19N3O. The van der Waals surface area contributed by atoms with Gasteiger partial charge in [0.05, 0.1) is 11.9 Å². The van der Waals surface area contributed by atoms with Crippen molar-refractivity contribution in [2.24, 2.45) is 0 Å². The second-order valence-electron chi connectivity index (χ2n) is 4.68. The third-order valence-electron chi connectivity index (χ3n) is 2.85. The molecule has 0 aliphatic rings. The fourth-order valence-corrected chi connectivity index (χ4v) is 1.82. The monoisotopic (exact) mass is 269 g/mol. The van der Waals surface area contributed by atoms with Crippen molar-refractivity contribution in [3.8, 4) is 0 Å². The van der Waals surface area contributed by atoms with Crippen LogP contribution in [0.2, 0.25) is 0 Å². The Labute approximate surface area is 119 Å². The molecule has 104 valence electrons. The minimum absolute atomic E-state index is 0.197. The van der Waals surface area contributed by atoms with E-state index in [1.807, 2.05) is 37.3 Å². The Hall–Kier alpha value is -2.36. The zero-order chi connectivity index (χ0) is 14.4. The number of carbonyl (C=O) groups is 1. The van der Waals surface area contributed by atoms with E-state index in [2.05, 4.69) is 22.5 Å². The highest BCUT2D eigenvalue weighted by molar-refractivity contribution is 6.02. The average Bonchev–Trinajstić information content (AvgIpc) is 2.45. The van der Waals surface area contributed by atoms with Crippen LogP contribution in [0.4, 0.5) is 11.4 Å². The summed E-state index contributed by atoms with van der Waals surface area (Å²) in [4.78, 5) is 16.2. The number of benzene rings is 1. The van der Waals surface area contributed by atoms with Gasteiger partial charge in [0.2, 0.25) is 0 Å². The first kappa shape index (κ1) is 14.1. The van der Waals surface area contributed by atoms with Crippen molar-refractivity contribution >= 4 is 17.3 Å². The number of carbonyl (C=O) groups excluding carboxylic acids is 1. The van der Waals surface area contributed by atoms with E-state index < -0.39 is 0 Å². The van der Waals surface area contributed by atoms with Crippen LogP contribution in [0.3, 0.4) is 0 Å². The Bertz CT molecular complexity index is 579. The fourth-order valence-electron chi connectivity index (χ4n) is 1.82. The van der Waals surface area contributed by atoms with Crippen LogP contribution in [0.1, 0.15) is 29.4 Å². The van der Waals surface area contributed by atoms with Crippen molar-refractivity contribution in [2.45, 2.75) is 20.3 Å². The van der Waals surface area contributed by atoms with Crippen molar-refractivity contribution in [1.29, 1.82) is 0 Å². The fraction of sp³-hybridized carbons (Fsp3) is 0.250. The summed E-state index contributed by atoms with van der Waals surface area (Å²) < 4.78 is 0. The largest absolute Gasteiger partial charge is 0.384 e. The topological polar surface area (TPSA) is 54.0 Å². The number of rotatable bonds is 5. The van der Waals surface area contributed by atoms with Crippen LogP contribution in [-0.4, -0.2) is 17.4 Å². The summed E-state index contributed by atoms with van der Waals surface area (Å²) in [6.07, 6.45) is 2.73. The summed E-state index contributed by atoms with van der Waals surface area (Å²) in [5.41, 5.74) is 3.23. The third kappa shape index (κ3) is 3.82. The van der Waals surface area contributed by atoms with Crippen LogP contribution >= 0.6 is 0 Å². The summed E-state index contributed by atoms with van der Waals surface area (Å²) >= 11 is 0. The molecule has 2 N–H and O–H groups in total. The Morgan fingerprint density at radius 1 is 1.20 bits per heavy atom. The van der Waals surface area contributed by atoms with E-state index in [0.29, 0.717) is 5.69 Å². The van der Waals surface area contributed by atoms with Crippen LogP contribution in [0, 0.1) is 6.92 Å². The van der Waals surface area contributed by atoms with Crippen LogP contribution in [0.5, 0.6) is 0 Å². The maximum absolute atomic E-state index is 12.1. The van der Waals surface area contributed by atoms with Gasteiger partial charge in [-0.05, 0) is 43.2 Å². The molecule has 1 amide bonds. The van der Waals surface area contributed by atoms with Gasteiger partial charge in [-0.2, -0.15) is 0 Å². The maximum atomic E-state index is 12.1. The molecule has 0 unspecified atom stereocenters. The number of amides is 1. The van der Waals surface area contributed by atoms with Gasteiger partial charge < -0.3 is 10.6 Å². The van der Waals surface area contributed by atoms with Crippen LogP contribution in [0.15, 0.2) is 42.6 Å². The number of anilines is 2. The summed E-state index contributed by atoms with van der Waals surface area (Å²) in [5, 5.41) is 6.06. The molecule has 2 aromatic rings. The lowest BCUT2D eigenvalue weighted by atomic mass is 10.2. The minimum atomic E-state index is -0.197. The molecule has 4 nitrogen and oxygen atoms in total. The molecule has 1 aromatic heterocycles. The van der Waals surface area contributed by atoms with Crippen molar-refractivity contribution in [2.75, 3.05) is 17.2 Å². The number of nitrogens with zero attached hydrogens (tertiary/aromatic N) is 1. The average molecular weight is 269 g/mol. The van der Waals surface area contributed by atoms with E-state index in [9.17, 15) is 4.79 Å². The number of pyridine rings is 1. The van der Waals surface area contributed by atoms with Crippen molar-refractivity contribution < 1.29 is 4.79 Å². The molecule has 1 aromatic carbocycles. The Morgan fingerprint density at radius 2 is 2.05 bits per heavy atom. The lowest BCUT2D eigenvalue weighted by molar-refractivity contribution is 0.102. The first-order valence-electron chi connectivity index (χ1n) is 6.77. The molecule has 0 radical (unpaired) electrons. The first-order chi connectivity index (χ1) is 9.69. The molecule has 0 saturated carbocycles. The standard InChI is InChI=1S/C16H19N3O/c1-3-9-17-14-7-8-15(18-11-14)16(20)19-13-6-4-5-12(2)10-13/h4-8,10-11,17H,3,9H2,1-2H3,(H,19,20). The van der Waals surface area contributed by atoms with Gasteiger partial charge in [0, 0.05) is 12.2 Å². The quantitative estimate of drug-likeness (QED) is 0.874. The van der Waals surface area contributed by atoms with Gasteiger partial charge in [-0.1, -0.05) is 19.1 Å². The molecule has 0 saturated heterocycles. The van der Waals surface area contributed by atoms with E-state index in [4.69, 9.17) is 0 Å². The van der Waals surface area contributed by atoms with E-state index in [0.717, 1.165) is 29.9 Å². The van der Waals surface area contributed by atoms with Gasteiger partial charge in [-0.3, -0.25) is 4.79 Å². The summed E-state index contributed by atoms with van der Waals surface area (Å²) in [7, 11) is 0. The lowest BCUT2D eigenvalue weighted by Crippen LogP contribution is -2.13. The van der Waals surface area contributed by atoms with Crippen LogP contribution in [0.25, 0.3) is 0 Å². The number of aryl methyl sites for hydroxylation is 1. The van der Waals surface area contributed by atoms with Gasteiger partial charge >= 0.3 is 0 Å². The van der Waals surface area contributed by atoms with E-state index in [1.165, 1.54) is 0 Å². The minimum Gasteiger partial charge on any atom is -0.384 e. The third-order valence-corrected chi connectivity index (χ3v) is 2.85. The van der Waals surface area contributed by atoms with E-state index in [1.54, 1.807) is 12.3 Å².